The molecule has 0 aliphatic carbocycles. The maximum Gasteiger partial charge on any atom is 0.303 e. The van der Waals surface area contributed by atoms with Crippen molar-refractivity contribution in [1.82, 2.24) is 5.43 Å². The molecule has 1 unspecified atom stereocenters. The van der Waals surface area contributed by atoms with E-state index in [0.29, 0.717) is 5.70 Å². The number of aliphatic hydroxyl groups excluding tert-OH is 1. The number of anilines is 1. The molecule has 0 aliphatic rings. The molecule has 5 heteroatoms. The lowest BCUT2D eigenvalue weighted by Crippen LogP contribution is -2.40. The third-order valence-electron chi connectivity index (χ3n) is 3.57. The van der Waals surface area contributed by atoms with Crippen LogP contribution in [0.2, 0.25) is 0 Å². The van der Waals surface area contributed by atoms with Crippen LogP contribution in [-0.2, 0) is 4.79 Å². The van der Waals surface area contributed by atoms with Gasteiger partial charge in [0.1, 0.15) is 0 Å². The summed E-state index contributed by atoms with van der Waals surface area (Å²) in [5.74, 6) is -0.886. The van der Waals surface area contributed by atoms with Crippen LogP contribution in [0.25, 0.3) is 0 Å². The highest BCUT2D eigenvalue weighted by molar-refractivity contribution is 5.67. The van der Waals surface area contributed by atoms with Crippen LogP contribution in [-0.4, -0.2) is 16.2 Å². The molecule has 0 heterocycles. The maximum atomic E-state index is 10.8. The van der Waals surface area contributed by atoms with Gasteiger partial charge in [0.15, 0.2) is 6.23 Å². The number of aliphatic carboxylic acids is 1. The van der Waals surface area contributed by atoms with Crippen LogP contribution in [0.15, 0.2) is 66.9 Å². The largest absolute Gasteiger partial charge is 0.481 e. The predicted molar refractivity (Wildman–Crippen MR) is 94.2 cm³/mol. The summed E-state index contributed by atoms with van der Waals surface area (Å²) < 4.78 is 0. The Kier molecular flexibility index (Phi) is 5.98. The number of hydrogen-bond donors (Lipinski definition) is 3. The van der Waals surface area contributed by atoms with Crippen molar-refractivity contribution in [3.63, 3.8) is 0 Å². The second-order valence-electron chi connectivity index (χ2n) is 5.60. The average molecular weight is 326 g/mol. The van der Waals surface area contributed by atoms with E-state index < -0.39 is 12.2 Å². The first-order valence-electron chi connectivity index (χ1n) is 7.72. The van der Waals surface area contributed by atoms with Crippen LogP contribution >= 0.6 is 0 Å². The minimum Gasteiger partial charge on any atom is -0.481 e. The Morgan fingerprint density at radius 1 is 1.12 bits per heavy atom. The van der Waals surface area contributed by atoms with E-state index in [0.717, 1.165) is 16.8 Å². The van der Waals surface area contributed by atoms with E-state index in [1.807, 2.05) is 61.5 Å². The summed E-state index contributed by atoms with van der Waals surface area (Å²) in [4.78, 5) is 10.7. The summed E-state index contributed by atoms with van der Waals surface area (Å²) in [6.07, 6.45) is -0.677. The third-order valence-corrected chi connectivity index (χ3v) is 3.57. The number of hydrazine groups is 1. The minimum absolute atomic E-state index is 0.0188. The van der Waals surface area contributed by atoms with Gasteiger partial charge in [0, 0.05) is 11.3 Å². The molecule has 0 radical (unpaired) electrons. The topological polar surface area (TPSA) is 72.8 Å². The molecule has 24 heavy (non-hydrogen) atoms. The lowest BCUT2D eigenvalue weighted by Gasteiger charge is -2.32. The van der Waals surface area contributed by atoms with Crippen LogP contribution in [0.5, 0.6) is 0 Å². The maximum absolute atomic E-state index is 10.8. The molecule has 2 aromatic rings. The molecular weight excluding hydrogens is 304 g/mol. The fourth-order valence-electron chi connectivity index (χ4n) is 2.23. The second-order valence-corrected chi connectivity index (χ2v) is 5.60. The molecule has 2 aromatic carbocycles. The number of rotatable bonds is 8. The van der Waals surface area contributed by atoms with E-state index in [1.54, 1.807) is 5.01 Å². The first-order chi connectivity index (χ1) is 11.5. The standard InChI is InChI=1S/C19H22N2O3/c1-14-8-11-16(12-9-14)19(24)21(17-6-4-3-5-7-17)20-15(2)10-13-18(22)23/h3-9,11-12,19-20,24H,2,10,13H2,1H3,(H,22,23). The zero-order valence-corrected chi connectivity index (χ0v) is 13.6. The van der Waals surface area contributed by atoms with E-state index >= 15 is 0 Å². The molecule has 0 saturated heterocycles. The van der Waals surface area contributed by atoms with Gasteiger partial charge in [-0.15, -0.1) is 0 Å². The van der Waals surface area contributed by atoms with Crippen molar-refractivity contribution in [2.24, 2.45) is 0 Å². The number of nitrogens with one attached hydrogen (secondary N) is 1. The van der Waals surface area contributed by atoms with Gasteiger partial charge in [-0.25, -0.2) is 0 Å². The highest BCUT2D eigenvalue weighted by Gasteiger charge is 2.19. The first-order valence-corrected chi connectivity index (χ1v) is 7.72. The molecule has 2 rings (SSSR count). The zero-order chi connectivity index (χ0) is 17.5. The number of carboxylic acids is 1. The van der Waals surface area contributed by atoms with E-state index in [9.17, 15) is 9.90 Å². The minimum atomic E-state index is -0.936. The van der Waals surface area contributed by atoms with Crippen molar-refractivity contribution in [2.45, 2.75) is 26.0 Å². The van der Waals surface area contributed by atoms with Crippen LogP contribution in [0.3, 0.4) is 0 Å². The summed E-state index contributed by atoms with van der Waals surface area (Å²) in [6.45, 7) is 5.84. The third kappa shape index (κ3) is 4.86. The number of aryl methyl sites for hydroxylation is 1. The molecule has 1 atom stereocenters. The number of allylic oxidation sites excluding steroid dienone is 1. The van der Waals surface area contributed by atoms with Gasteiger partial charge in [-0.05, 0) is 25.5 Å². The monoisotopic (exact) mass is 326 g/mol. The number of para-hydroxylation sites is 1. The quantitative estimate of drug-likeness (QED) is 0.512. The SMILES string of the molecule is C=C(CCC(=O)O)NN(c1ccccc1)C(O)c1ccc(C)cc1. The van der Waals surface area contributed by atoms with Crippen molar-refractivity contribution in [1.29, 1.82) is 0 Å². The molecule has 3 N–H and O–H groups in total. The zero-order valence-electron chi connectivity index (χ0n) is 13.6. The number of carboxylic acid groups (broad SMARTS) is 1. The predicted octanol–water partition coefficient (Wildman–Crippen LogP) is 3.38. The Morgan fingerprint density at radius 3 is 2.33 bits per heavy atom. The van der Waals surface area contributed by atoms with Crippen molar-refractivity contribution in [3.05, 3.63) is 78.0 Å². The lowest BCUT2D eigenvalue weighted by atomic mass is 10.1. The fourth-order valence-corrected chi connectivity index (χ4v) is 2.23. The highest BCUT2D eigenvalue weighted by atomic mass is 16.4. The Labute approximate surface area is 141 Å². The summed E-state index contributed by atoms with van der Waals surface area (Å²) in [5.41, 5.74) is 6.13. The van der Waals surface area contributed by atoms with Gasteiger partial charge >= 0.3 is 5.97 Å². The molecule has 0 amide bonds. The van der Waals surface area contributed by atoms with Gasteiger partial charge in [-0.1, -0.05) is 54.6 Å². The molecule has 0 fully saturated rings. The highest BCUT2D eigenvalue weighted by Crippen LogP contribution is 2.24. The van der Waals surface area contributed by atoms with Crippen molar-refractivity contribution in [2.75, 3.05) is 5.01 Å². The fraction of sp³-hybridized carbons (Fsp3) is 0.211. The van der Waals surface area contributed by atoms with E-state index in [-0.39, 0.29) is 12.8 Å². The van der Waals surface area contributed by atoms with E-state index in [2.05, 4.69) is 12.0 Å². The number of carbonyl (C=O) groups is 1. The molecule has 0 aliphatic heterocycles. The van der Waals surface area contributed by atoms with Crippen LogP contribution < -0.4 is 10.4 Å². The van der Waals surface area contributed by atoms with E-state index in [4.69, 9.17) is 5.11 Å². The summed E-state index contributed by atoms with van der Waals surface area (Å²) in [5, 5.41) is 21.1. The molecule has 5 nitrogen and oxygen atoms in total. The van der Waals surface area contributed by atoms with Crippen LogP contribution in [0.4, 0.5) is 5.69 Å². The summed E-state index contributed by atoms with van der Waals surface area (Å²) in [6, 6.07) is 16.9. The van der Waals surface area contributed by atoms with Crippen molar-refractivity contribution < 1.29 is 15.0 Å². The first kappa shape index (κ1) is 17.6. The smallest absolute Gasteiger partial charge is 0.303 e. The lowest BCUT2D eigenvalue weighted by molar-refractivity contribution is -0.136. The summed E-state index contributed by atoms with van der Waals surface area (Å²) >= 11 is 0. The molecule has 0 bridgehead atoms. The Hall–Kier alpha value is -2.79. The normalized spacial score (nSPS) is 11.6. The Balaban J connectivity index is 2.21. The number of hydrogen-bond acceptors (Lipinski definition) is 4. The average Bonchev–Trinajstić information content (AvgIpc) is 2.58. The van der Waals surface area contributed by atoms with Gasteiger partial charge in [0.2, 0.25) is 0 Å². The molecular formula is C19H22N2O3. The second kappa shape index (κ2) is 8.17. The Bertz CT molecular complexity index is 684. The number of benzene rings is 2. The van der Waals surface area contributed by atoms with Gasteiger partial charge in [-0.3, -0.25) is 9.80 Å². The molecule has 0 spiro atoms. The van der Waals surface area contributed by atoms with Crippen LogP contribution in [0.1, 0.15) is 30.2 Å². The molecule has 0 saturated carbocycles. The summed E-state index contributed by atoms with van der Waals surface area (Å²) in [7, 11) is 0. The van der Waals surface area contributed by atoms with Gasteiger partial charge in [0.05, 0.1) is 12.1 Å². The number of aliphatic hydroxyl groups is 1. The Morgan fingerprint density at radius 2 is 1.75 bits per heavy atom. The van der Waals surface area contributed by atoms with Crippen molar-refractivity contribution >= 4 is 11.7 Å². The molecule has 126 valence electrons. The van der Waals surface area contributed by atoms with Crippen molar-refractivity contribution in [3.8, 4) is 0 Å². The van der Waals surface area contributed by atoms with Crippen LogP contribution in [0, 0.1) is 6.92 Å². The van der Waals surface area contributed by atoms with Gasteiger partial charge in [0.25, 0.3) is 0 Å². The van der Waals surface area contributed by atoms with Gasteiger partial charge < -0.3 is 15.6 Å². The van der Waals surface area contributed by atoms with Gasteiger partial charge in [-0.2, -0.15) is 0 Å². The van der Waals surface area contributed by atoms with E-state index in [1.165, 1.54) is 0 Å². The molecule has 0 aromatic heterocycles. The number of nitrogens with zero attached hydrogens (tertiary/aromatic N) is 1.